The largest absolute Gasteiger partial charge is 0.481 e. The van der Waals surface area contributed by atoms with Crippen molar-refractivity contribution in [2.75, 3.05) is 13.1 Å². The van der Waals surface area contributed by atoms with Gasteiger partial charge in [-0.15, -0.1) is 11.3 Å². The molecule has 0 spiro atoms. The average molecular weight is 360 g/mol. The molecule has 0 aliphatic carbocycles. The van der Waals surface area contributed by atoms with E-state index in [0.29, 0.717) is 18.0 Å². The van der Waals surface area contributed by atoms with Crippen molar-refractivity contribution in [3.63, 3.8) is 0 Å². The normalized spacial score (nSPS) is 17.1. The van der Waals surface area contributed by atoms with Crippen LogP contribution in [0.1, 0.15) is 31.1 Å². The molecule has 1 aliphatic rings. The fourth-order valence-electron chi connectivity index (χ4n) is 2.44. The van der Waals surface area contributed by atoms with Gasteiger partial charge in [-0.05, 0) is 31.9 Å². The molecular formula is C14H20N2O5S2. The second kappa shape index (κ2) is 7.41. The van der Waals surface area contributed by atoms with Crippen LogP contribution in [0.3, 0.4) is 0 Å². The summed E-state index contributed by atoms with van der Waals surface area (Å²) in [4.78, 5) is 23.1. The fraction of sp³-hybridized carbons (Fsp3) is 0.571. The molecule has 2 N–H and O–H groups in total. The van der Waals surface area contributed by atoms with Crippen molar-refractivity contribution in [3.8, 4) is 0 Å². The predicted molar refractivity (Wildman–Crippen MR) is 85.9 cm³/mol. The maximum atomic E-state index is 12.4. The number of hydrogen-bond acceptors (Lipinski definition) is 5. The maximum absolute atomic E-state index is 12.4. The Labute approximate surface area is 139 Å². The lowest BCUT2D eigenvalue weighted by Crippen LogP contribution is -2.35. The Morgan fingerprint density at radius 3 is 2.61 bits per heavy atom. The molecule has 1 unspecified atom stereocenters. The molecule has 128 valence electrons. The molecule has 23 heavy (non-hydrogen) atoms. The summed E-state index contributed by atoms with van der Waals surface area (Å²) < 4.78 is 26.5. The van der Waals surface area contributed by atoms with Crippen LogP contribution in [-0.4, -0.2) is 48.8 Å². The maximum Gasteiger partial charge on any atom is 0.305 e. The van der Waals surface area contributed by atoms with E-state index in [1.54, 1.807) is 13.0 Å². The summed E-state index contributed by atoms with van der Waals surface area (Å²) in [6.45, 7) is 2.70. The first-order valence-corrected chi connectivity index (χ1v) is 9.64. The molecule has 0 bridgehead atoms. The van der Waals surface area contributed by atoms with Gasteiger partial charge >= 0.3 is 5.97 Å². The van der Waals surface area contributed by atoms with E-state index >= 15 is 0 Å². The first-order valence-electron chi connectivity index (χ1n) is 7.39. The minimum atomic E-state index is -3.45. The summed E-state index contributed by atoms with van der Waals surface area (Å²) in [6, 6.07) is 2.70. The van der Waals surface area contributed by atoms with Crippen molar-refractivity contribution in [2.45, 2.75) is 42.9 Å². The molecule has 1 amide bonds. The van der Waals surface area contributed by atoms with E-state index < -0.39 is 22.0 Å². The number of thiophene rings is 1. The van der Waals surface area contributed by atoms with Crippen molar-refractivity contribution < 1.29 is 23.1 Å². The molecule has 0 saturated carbocycles. The Hall–Kier alpha value is -1.45. The number of sulfonamides is 1. The number of aliphatic carboxylic acids is 1. The number of nitrogens with zero attached hydrogens (tertiary/aromatic N) is 1. The van der Waals surface area contributed by atoms with Gasteiger partial charge in [-0.3, -0.25) is 9.59 Å². The zero-order valence-electron chi connectivity index (χ0n) is 12.8. The topological polar surface area (TPSA) is 104 Å². The van der Waals surface area contributed by atoms with Crippen LogP contribution in [0.2, 0.25) is 0 Å². The number of carbonyl (C=O) groups excluding carboxylic acids is 1. The number of carboxylic acid groups (broad SMARTS) is 1. The summed E-state index contributed by atoms with van der Waals surface area (Å²) in [7, 11) is -3.45. The van der Waals surface area contributed by atoms with Gasteiger partial charge < -0.3 is 10.4 Å². The molecule has 1 aliphatic heterocycles. The average Bonchev–Trinajstić information content (AvgIpc) is 3.08. The molecule has 9 heteroatoms. The molecule has 0 aromatic carbocycles. The Morgan fingerprint density at radius 1 is 1.35 bits per heavy atom. The van der Waals surface area contributed by atoms with Crippen LogP contribution < -0.4 is 5.32 Å². The van der Waals surface area contributed by atoms with Crippen LogP contribution in [-0.2, 0) is 26.0 Å². The lowest BCUT2D eigenvalue weighted by molar-refractivity contribution is -0.137. The van der Waals surface area contributed by atoms with Crippen LogP contribution in [0, 0.1) is 0 Å². The number of carboxylic acids is 1. The summed E-state index contributed by atoms with van der Waals surface area (Å²) in [5.41, 5.74) is 0. The zero-order valence-corrected chi connectivity index (χ0v) is 14.5. The van der Waals surface area contributed by atoms with Gasteiger partial charge in [0, 0.05) is 24.0 Å². The van der Waals surface area contributed by atoms with E-state index in [4.69, 9.17) is 5.11 Å². The molecule has 7 nitrogen and oxygen atoms in total. The van der Waals surface area contributed by atoms with Crippen LogP contribution in [0.4, 0.5) is 0 Å². The molecule has 1 aromatic heterocycles. The highest BCUT2D eigenvalue weighted by molar-refractivity contribution is 7.91. The van der Waals surface area contributed by atoms with Gasteiger partial charge in [0.25, 0.3) is 10.0 Å². The van der Waals surface area contributed by atoms with Crippen LogP contribution in [0.5, 0.6) is 0 Å². The second-order valence-corrected chi connectivity index (χ2v) is 8.91. The van der Waals surface area contributed by atoms with Gasteiger partial charge in [0.15, 0.2) is 0 Å². The Bertz CT molecular complexity index is 677. The van der Waals surface area contributed by atoms with Gasteiger partial charge in [-0.1, -0.05) is 0 Å². The summed E-state index contributed by atoms with van der Waals surface area (Å²) in [5.74, 6) is -1.29. The van der Waals surface area contributed by atoms with Crippen LogP contribution in [0.25, 0.3) is 0 Å². The smallest absolute Gasteiger partial charge is 0.305 e. The van der Waals surface area contributed by atoms with Gasteiger partial charge in [0.05, 0.1) is 12.8 Å². The number of hydrogen-bond donors (Lipinski definition) is 2. The Morgan fingerprint density at radius 2 is 2.00 bits per heavy atom. The summed E-state index contributed by atoms with van der Waals surface area (Å²) in [5, 5.41) is 11.3. The van der Waals surface area contributed by atoms with Crippen molar-refractivity contribution in [2.24, 2.45) is 0 Å². The highest BCUT2D eigenvalue weighted by atomic mass is 32.2. The lowest BCUT2D eigenvalue weighted by atomic mass is 10.2. The number of nitrogens with one attached hydrogen (secondary N) is 1. The van der Waals surface area contributed by atoms with Gasteiger partial charge in [0.2, 0.25) is 5.91 Å². The molecule has 2 heterocycles. The monoisotopic (exact) mass is 360 g/mol. The second-order valence-electron chi connectivity index (χ2n) is 5.58. The van der Waals surface area contributed by atoms with Crippen molar-refractivity contribution in [1.82, 2.24) is 9.62 Å². The molecule has 0 radical (unpaired) electrons. The van der Waals surface area contributed by atoms with Crippen LogP contribution >= 0.6 is 11.3 Å². The van der Waals surface area contributed by atoms with E-state index in [1.165, 1.54) is 10.4 Å². The van der Waals surface area contributed by atoms with Crippen LogP contribution in [0.15, 0.2) is 16.3 Å². The molecule has 1 aromatic rings. The third-order valence-corrected chi connectivity index (χ3v) is 6.97. The van der Waals surface area contributed by atoms with Gasteiger partial charge in [-0.25, -0.2) is 8.42 Å². The van der Waals surface area contributed by atoms with Gasteiger partial charge in [-0.2, -0.15) is 4.31 Å². The third-order valence-electron chi connectivity index (χ3n) is 3.52. The quantitative estimate of drug-likeness (QED) is 0.756. The fourth-order valence-corrected chi connectivity index (χ4v) is 5.47. The molecular weight excluding hydrogens is 340 g/mol. The molecule has 1 atom stereocenters. The summed E-state index contributed by atoms with van der Waals surface area (Å²) in [6.07, 6.45) is 1.65. The number of carbonyl (C=O) groups is 2. The Kier molecular flexibility index (Phi) is 5.77. The van der Waals surface area contributed by atoms with E-state index in [1.807, 2.05) is 0 Å². The molecule has 2 rings (SSSR count). The molecule has 1 saturated heterocycles. The highest BCUT2D eigenvalue weighted by Gasteiger charge is 2.28. The zero-order chi connectivity index (χ0) is 17.0. The van der Waals surface area contributed by atoms with Crippen molar-refractivity contribution in [1.29, 1.82) is 0 Å². The van der Waals surface area contributed by atoms with Crippen molar-refractivity contribution in [3.05, 3.63) is 17.0 Å². The first-order chi connectivity index (χ1) is 10.8. The first kappa shape index (κ1) is 17.9. The molecule has 1 fully saturated rings. The lowest BCUT2D eigenvalue weighted by Gasteiger charge is -2.13. The number of rotatable bonds is 7. The predicted octanol–water partition coefficient (Wildman–Crippen LogP) is 1.05. The minimum absolute atomic E-state index is 0.0458. The highest BCUT2D eigenvalue weighted by Crippen LogP contribution is 2.27. The van der Waals surface area contributed by atoms with E-state index in [-0.39, 0.29) is 23.0 Å². The van der Waals surface area contributed by atoms with E-state index in [9.17, 15) is 18.0 Å². The van der Waals surface area contributed by atoms with Crippen molar-refractivity contribution >= 4 is 33.2 Å². The summed E-state index contributed by atoms with van der Waals surface area (Å²) >= 11 is 1.09. The standard InChI is InChI=1S/C14H20N2O5S2/c1-10(8-13(18)19)15-12(17)9-11-4-5-14(22-11)23(20,21)16-6-2-3-7-16/h4-5,10H,2-3,6-9H2,1H3,(H,15,17)(H,18,19). The third kappa shape index (κ3) is 4.76. The minimum Gasteiger partial charge on any atom is -0.481 e. The Balaban J connectivity index is 1.96. The van der Waals surface area contributed by atoms with E-state index in [2.05, 4.69) is 5.32 Å². The number of amides is 1. The SMILES string of the molecule is CC(CC(=O)O)NC(=O)Cc1ccc(S(=O)(=O)N2CCCC2)s1. The van der Waals surface area contributed by atoms with E-state index in [0.717, 1.165) is 24.2 Å². The van der Waals surface area contributed by atoms with Gasteiger partial charge in [0.1, 0.15) is 4.21 Å².